The van der Waals surface area contributed by atoms with Crippen LogP contribution < -0.4 is 5.43 Å². The quantitative estimate of drug-likeness (QED) is 0.580. The predicted octanol–water partition coefficient (Wildman–Crippen LogP) is 1.45. The van der Waals surface area contributed by atoms with E-state index in [0.29, 0.717) is 5.65 Å². The molecule has 82 valence electrons. The average Bonchev–Trinajstić information content (AvgIpc) is 2.15. The van der Waals surface area contributed by atoms with E-state index in [2.05, 4.69) is 9.97 Å². The van der Waals surface area contributed by atoms with Crippen molar-refractivity contribution >= 4 is 16.7 Å². The average molecular weight is 219 g/mol. The third kappa shape index (κ3) is 1.44. The van der Waals surface area contributed by atoms with Crippen LogP contribution in [0.3, 0.4) is 0 Å². The van der Waals surface area contributed by atoms with E-state index in [9.17, 15) is 14.9 Å². The molecule has 0 unspecified atom stereocenters. The molecule has 16 heavy (non-hydrogen) atoms. The summed E-state index contributed by atoms with van der Waals surface area (Å²) in [5.41, 5.74) is 0.340. The molecule has 0 amide bonds. The molecule has 0 fully saturated rings. The fourth-order valence-electron chi connectivity index (χ4n) is 1.59. The Bertz CT molecular complexity index is 646. The van der Waals surface area contributed by atoms with Crippen LogP contribution in [0.1, 0.15) is 11.4 Å². The number of rotatable bonds is 1. The molecular weight excluding hydrogens is 210 g/mol. The van der Waals surface area contributed by atoms with E-state index in [1.54, 1.807) is 19.1 Å². The minimum Gasteiger partial charge on any atom is -0.338 e. The Morgan fingerprint density at radius 2 is 2.06 bits per heavy atom. The van der Waals surface area contributed by atoms with Gasteiger partial charge in [0.05, 0.1) is 16.0 Å². The first kappa shape index (κ1) is 10.3. The topological polar surface area (TPSA) is 88.9 Å². The Kier molecular flexibility index (Phi) is 2.19. The number of fused-ring (bicyclic) bond motifs is 1. The van der Waals surface area contributed by atoms with Gasteiger partial charge in [-0.1, -0.05) is 0 Å². The van der Waals surface area contributed by atoms with Crippen LogP contribution in [0.15, 0.2) is 16.9 Å². The van der Waals surface area contributed by atoms with Crippen molar-refractivity contribution in [2.24, 2.45) is 0 Å². The van der Waals surface area contributed by atoms with Crippen LogP contribution in [0.5, 0.6) is 0 Å². The maximum atomic E-state index is 11.8. The molecule has 2 rings (SSSR count). The Morgan fingerprint density at radius 1 is 1.38 bits per heavy atom. The molecule has 0 saturated heterocycles. The van der Waals surface area contributed by atoms with Crippen molar-refractivity contribution in [3.8, 4) is 0 Å². The number of nitrogens with one attached hydrogen (secondary N) is 1. The number of H-pyrrole nitrogens is 1. The molecule has 0 spiro atoms. The van der Waals surface area contributed by atoms with Crippen molar-refractivity contribution in [1.82, 2.24) is 9.97 Å². The molecule has 2 aromatic rings. The number of nitrogens with zero attached hydrogens (tertiary/aromatic N) is 2. The zero-order chi connectivity index (χ0) is 11.9. The highest BCUT2D eigenvalue weighted by Gasteiger charge is 2.19. The van der Waals surface area contributed by atoms with Gasteiger partial charge in [0, 0.05) is 5.69 Å². The van der Waals surface area contributed by atoms with Gasteiger partial charge in [-0.05, 0) is 26.0 Å². The smallest absolute Gasteiger partial charge is 0.335 e. The molecule has 0 aliphatic rings. The van der Waals surface area contributed by atoms with E-state index in [-0.39, 0.29) is 11.1 Å². The van der Waals surface area contributed by atoms with Gasteiger partial charge in [0.1, 0.15) is 5.65 Å². The maximum Gasteiger partial charge on any atom is 0.335 e. The lowest BCUT2D eigenvalue weighted by atomic mass is 10.2. The van der Waals surface area contributed by atoms with Crippen molar-refractivity contribution in [3.63, 3.8) is 0 Å². The third-order valence-electron chi connectivity index (χ3n) is 2.34. The fourth-order valence-corrected chi connectivity index (χ4v) is 1.59. The lowest BCUT2D eigenvalue weighted by Crippen LogP contribution is -2.12. The highest BCUT2D eigenvalue weighted by atomic mass is 16.6. The summed E-state index contributed by atoms with van der Waals surface area (Å²) in [5.74, 6) is 0. The van der Waals surface area contributed by atoms with Crippen molar-refractivity contribution in [2.45, 2.75) is 13.8 Å². The van der Waals surface area contributed by atoms with E-state index >= 15 is 0 Å². The first-order chi connectivity index (χ1) is 7.50. The van der Waals surface area contributed by atoms with Gasteiger partial charge < -0.3 is 4.98 Å². The van der Waals surface area contributed by atoms with Crippen LogP contribution in [-0.2, 0) is 0 Å². The molecule has 6 nitrogen and oxygen atoms in total. The first-order valence-corrected chi connectivity index (χ1v) is 4.65. The molecule has 0 radical (unpaired) electrons. The highest BCUT2D eigenvalue weighted by Crippen LogP contribution is 2.15. The predicted molar refractivity (Wildman–Crippen MR) is 58.5 cm³/mol. The number of pyridine rings is 2. The molecule has 6 heteroatoms. The fraction of sp³-hybridized carbons (Fsp3) is 0.200. The second kappa shape index (κ2) is 3.41. The maximum absolute atomic E-state index is 11.8. The van der Waals surface area contributed by atoms with E-state index < -0.39 is 16.0 Å². The summed E-state index contributed by atoms with van der Waals surface area (Å²) < 4.78 is 0. The molecule has 0 aliphatic heterocycles. The van der Waals surface area contributed by atoms with Gasteiger partial charge in [-0.2, -0.15) is 0 Å². The summed E-state index contributed by atoms with van der Waals surface area (Å²) in [4.78, 5) is 28.7. The number of aryl methyl sites for hydroxylation is 2. The Labute approximate surface area is 90.1 Å². The minimum atomic E-state index is -0.673. The molecule has 2 aromatic heterocycles. The standard InChI is InChI=1S/C10H9N3O3/c1-5-3-4-7-9(14)8(13(15)16)6(2)12-10(7)11-5/h3-4H,1-2H3,(H,11,12,14). The van der Waals surface area contributed by atoms with Gasteiger partial charge in [0.25, 0.3) is 5.43 Å². The Morgan fingerprint density at radius 3 is 2.69 bits per heavy atom. The van der Waals surface area contributed by atoms with Crippen LogP contribution >= 0.6 is 0 Å². The molecule has 0 saturated carbocycles. The number of aromatic nitrogens is 2. The lowest BCUT2D eigenvalue weighted by molar-refractivity contribution is -0.386. The molecule has 1 N–H and O–H groups in total. The van der Waals surface area contributed by atoms with Gasteiger partial charge in [-0.25, -0.2) is 4.98 Å². The van der Waals surface area contributed by atoms with Crippen LogP contribution in [-0.4, -0.2) is 14.9 Å². The molecule has 0 bridgehead atoms. The summed E-state index contributed by atoms with van der Waals surface area (Å²) in [6.07, 6.45) is 0. The van der Waals surface area contributed by atoms with Crippen LogP contribution in [0.25, 0.3) is 11.0 Å². The monoisotopic (exact) mass is 219 g/mol. The minimum absolute atomic E-state index is 0.223. The van der Waals surface area contributed by atoms with Crippen LogP contribution in [0.2, 0.25) is 0 Å². The molecule has 0 aromatic carbocycles. The number of nitro groups is 1. The van der Waals surface area contributed by atoms with Crippen LogP contribution in [0, 0.1) is 24.0 Å². The van der Waals surface area contributed by atoms with Crippen molar-refractivity contribution < 1.29 is 4.92 Å². The zero-order valence-corrected chi connectivity index (χ0v) is 8.77. The number of hydrogen-bond donors (Lipinski definition) is 1. The first-order valence-electron chi connectivity index (χ1n) is 4.65. The van der Waals surface area contributed by atoms with Crippen molar-refractivity contribution in [2.75, 3.05) is 0 Å². The normalized spacial score (nSPS) is 10.6. The van der Waals surface area contributed by atoms with Crippen LogP contribution in [0.4, 0.5) is 5.69 Å². The van der Waals surface area contributed by atoms with Gasteiger partial charge in [0.15, 0.2) is 0 Å². The lowest BCUT2D eigenvalue weighted by Gasteiger charge is -2.01. The second-order valence-electron chi connectivity index (χ2n) is 3.53. The zero-order valence-electron chi connectivity index (χ0n) is 8.77. The third-order valence-corrected chi connectivity index (χ3v) is 2.34. The summed E-state index contributed by atoms with van der Waals surface area (Å²) in [7, 11) is 0. The van der Waals surface area contributed by atoms with Gasteiger partial charge in [-0.15, -0.1) is 0 Å². The molecular formula is C10H9N3O3. The molecule has 2 heterocycles. The van der Waals surface area contributed by atoms with E-state index in [4.69, 9.17) is 0 Å². The molecule has 0 aliphatic carbocycles. The van der Waals surface area contributed by atoms with Crippen molar-refractivity contribution in [3.05, 3.63) is 43.9 Å². The number of aromatic amines is 1. The SMILES string of the molecule is Cc1ccc2c(=O)c([N+](=O)[O-])c(C)[nH]c2n1. The van der Waals surface area contributed by atoms with Gasteiger partial charge >= 0.3 is 5.69 Å². The summed E-state index contributed by atoms with van der Waals surface area (Å²) in [5, 5.41) is 11.0. The van der Waals surface area contributed by atoms with Gasteiger partial charge in [-0.3, -0.25) is 14.9 Å². The second-order valence-corrected chi connectivity index (χ2v) is 3.53. The Balaban J connectivity index is 2.95. The molecule has 0 atom stereocenters. The number of hydrogen-bond acceptors (Lipinski definition) is 4. The van der Waals surface area contributed by atoms with Gasteiger partial charge in [0.2, 0.25) is 0 Å². The van der Waals surface area contributed by atoms with E-state index in [0.717, 1.165) is 5.69 Å². The van der Waals surface area contributed by atoms with Crippen molar-refractivity contribution in [1.29, 1.82) is 0 Å². The summed E-state index contributed by atoms with van der Waals surface area (Å²) in [6.45, 7) is 3.28. The summed E-state index contributed by atoms with van der Waals surface area (Å²) >= 11 is 0. The Hall–Kier alpha value is -2.24. The van der Waals surface area contributed by atoms with E-state index in [1.807, 2.05) is 0 Å². The highest BCUT2D eigenvalue weighted by molar-refractivity contribution is 5.77. The largest absolute Gasteiger partial charge is 0.338 e. The summed E-state index contributed by atoms with van der Waals surface area (Å²) in [6, 6.07) is 3.19. The van der Waals surface area contributed by atoms with E-state index in [1.165, 1.54) is 6.92 Å².